The number of benzene rings is 2. The Morgan fingerprint density at radius 3 is 2.57 bits per heavy atom. The normalized spacial score (nSPS) is 18.7. The fourth-order valence-electron chi connectivity index (χ4n) is 4.17. The molecule has 0 aliphatic carbocycles. The van der Waals surface area contributed by atoms with Gasteiger partial charge in [0.15, 0.2) is 0 Å². The number of amides is 2. The van der Waals surface area contributed by atoms with Crippen LogP contribution >= 0.6 is 0 Å². The minimum Gasteiger partial charge on any atom is -0.354 e. The molecular weight excluding hydrogens is 350 g/mol. The zero-order valence-electron chi connectivity index (χ0n) is 16.7. The van der Waals surface area contributed by atoms with Gasteiger partial charge < -0.3 is 15.1 Å². The van der Waals surface area contributed by atoms with Gasteiger partial charge in [0.2, 0.25) is 0 Å². The Labute approximate surface area is 166 Å². The van der Waals surface area contributed by atoms with E-state index in [0.29, 0.717) is 17.0 Å². The van der Waals surface area contributed by atoms with E-state index in [0.717, 1.165) is 37.2 Å². The minimum absolute atomic E-state index is 0.0778. The molecule has 5 nitrogen and oxygen atoms in total. The molecule has 1 saturated heterocycles. The molecule has 0 bridgehead atoms. The Bertz CT molecular complexity index is 905. The van der Waals surface area contributed by atoms with Crippen molar-refractivity contribution in [3.05, 3.63) is 59.2 Å². The van der Waals surface area contributed by atoms with Gasteiger partial charge in [-0.05, 0) is 61.1 Å². The van der Waals surface area contributed by atoms with Crippen LogP contribution < -0.4 is 10.2 Å². The maximum absolute atomic E-state index is 12.9. The lowest BCUT2D eigenvalue weighted by molar-refractivity contribution is 0.0589. The molecule has 2 aromatic carbocycles. The smallest absolute Gasteiger partial charge is 0.257 e. The topological polar surface area (TPSA) is 52.7 Å². The fourth-order valence-corrected chi connectivity index (χ4v) is 4.17. The summed E-state index contributed by atoms with van der Waals surface area (Å²) in [5, 5.41) is 2.96. The zero-order chi connectivity index (χ0) is 19.8. The first-order chi connectivity index (χ1) is 13.5. The van der Waals surface area contributed by atoms with Crippen molar-refractivity contribution in [1.82, 2.24) is 4.90 Å². The van der Waals surface area contributed by atoms with E-state index in [9.17, 15) is 9.59 Å². The molecule has 0 radical (unpaired) electrons. The van der Waals surface area contributed by atoms with Crippen molar-refractivity contribution >= 4 is 23.2 Å². The Kier molecular flexibility index (Phi) is 4.84. The number of fused-ring (bicyclic) bond motifs is 2. The van der Waals surface area contributed by atoms with Gasteiger partial charge in [0, 0.05) is 24.8 Å². The number of anilines is 2. The lowest BCUT2D eigenvalue weighted by Crippen LogP contribution is -2.55. The molecule has 1 N–H and O–H groups in total. The fraction of sp³-hybridized carbons (Fsp3) is 0.391. The Morgan fingerprint density at radius 1 is 1.11 bits per heavy atom. The summed E-state index contributed by atoms with van der Waals surface area (Å²) in [4.78, 5) is 29.7. The Balaban J connectivity index is 1.57. The minimum atomic E-state index is -0.160. The number of rotatable bonds is 3. The summed E-state index contributed by atoms with van der Waals surface area (Å²) >= 11 is 0. The molecular formula is C23H27N3O2. The highest BCUT2D eigenvalue weighted by atomic mass is 16.2. The maximum Gasteiger partial charge on any atom is 0.257 e. The second-order valence-corrected chi connectivity index (χ2v) is 8.05. The highest BCUT2D eigenvalue weighted by molar-refractivity contribution is 6.08. The van der Waals surface area contributed by atoms with Gasteiger partial charge >= 0.3 is 0 Å². The first kappa shape index (κ1) is 18.5. The van der Waals surface area contributed by atoms with Gasteiger partial charge in [0.1, 0.15) is 6.17 Å². The molecule has 2 amide bonds. The summed E-state index contributed by atoms with van der Waals surface area (Å²) in [5.41, 5.74) is 4.10. The third-order valence-electron chi connectivity index (χ3n) is 5.88. The van der Waals surface area contributed by atoms with Crippen LogP contribution in [0.15, 0.2) is 42.5 Å². The molecule has 2 aliphatic rings. The number of nitrogens with one attached hydrogen (secondary N) is 1. The van der Waals surface area contributed by atoms with Crippen LogP contribution in [0.2, 0.25) is 0 Å². The quantitative estimate of drug-likeness (QED) is 0.859. The molecule has 0 unspecified atom stereocenters. The second-order valence-electron chi connectivity index (χ2n) is 8.05. The van der Waals surface area contributed by atoms with Crippen LogP contribution in [0, 0.1) is 0 Å². The van der Waals surface area contributed by atoms with Crippen LogP contribution in [-0.4, -0.2) is 36.5 Å². The average Bonchev–Trinajstić information content (AvgIpc) is 2.72. The van der Waals surface area contributed by atoms with E-state index in [4.69, 9.17) is 0 Å². The van der Waals surface area contributed by atoms with E-state index in [2.05, 4.69) is 24.1 Å². The second kappa shape index (κ2) is 7.30. The predicted octanol–water partition coefficient (Wildman–Crippen LogP) is 4.46. The van der Waals surface area contributed by atoms with E-state index in [1.165, 1.54) is 5.56 Å². The zero-order valence-corrected chi connectivity index (χ0v) is 16.7. The van der Waals surface area contributed by atoms with Crippen molar-refractivity contribution in [2.24, 2.45) is 0 Å². The number of hydrogen-bond acceptors (Lipinski definition) is 3. The van der Waals surface area contributed by atoms with Gasteiger partial charge in [-0.15, -0.1) is 0 Å². The summed E-state index contributed by atoms with van der Waals surface area (Å²) in [5.74, 6) is 0.374. The molecule has 2 aromatic rings. The van der Waals surface area contributed by atoms with Crippen molar-refractivity contribution in [3.63, 3.8) is 0 Å². The van der Waals surface area contributed by atoms with Crippen LogP contribution in [0.4, 0.5) is 11.4 Å². The molecule has 4 rings (SSSR count). The molecule has 28 heavy (non-hydrogen) atoms. The number of nitrogens with zero attached hydrogens (tertiary/aromatic N) is 2. The van der Waals surface area contributed by atoms with Crippen LogP contribution in [0.25, 0.3) is 0 Å². The van der Waals surface area contributed by atoms with Gasteiger partial charge in [0.05, 0.1) is 11.3 Å². The largest absolute Gasteiger partial charge is 0.354 e. The lowest BCUT2D eigenvalue weighted by Gasteiger charge is -2.46. The summed E-state index contributed by atoms with van der Waals surface area (Å²) in [6.07, 6.45) is 3.25. The number of carbonyl (C=O) groups excluding carboxylic acids is 2. The first-order valence-electron chi connectivity index (χ1n) is 10.0. The van der Waals surface area contributed by atoms with Crippen LogP contribution in [0.1, 0.15) is 65.3 Å². The van der Waals surface area contributed by atoms with Crippen LogP contribution in [0.5, 0.6) is 0 Å². The highest BCUT2D eigenvalue weighted by Crippen LogP contribution is 2.35. The summed E-state index contributed by atoms with van der Waals surface area (Å²) in [6.45, 7) is 5.10. The van der Waals surface area contributed by atoms with E-state index in [1.807, 2.05) is 42.3 Å². The molecule has 1 atom stereocenters. The van der Waals surface area contributed by atoms with Crippen molar-refractivity contribution in [2.75, 3.05) is 23.8 Å². The first-order valence-corrected chi connectivity index (χ1v) is 10.0. The van der Waals surface area contributed by atoms with Crippen molar-refractivity contribution in [3.8, 4) is 0 Å². The van der Waals surface area contributed by atoms with E-state index in [1.54, 1.807) is 12.1 Å². The monoisotopic (exact) mass is 377 g/mol. The highest BCUT2D eigenvalue weighted by Gasteiger charge is 2.37. The number of hydrogen-bond donors (Lipinski definition) is 1. The van der Waals surface area contributed by atoms with Crippen LogP contribution in [-0.2, 0) is 0 Å². The Morgan fingerprint density at radius 2 is 1.86 bits per heavy atom. The molecule has 0 saturated carbocycles. The molecule has 0 spiro atoms. The molecule has 1 fully saturated rings. The van der Waals surface area contributed by atoms with Crippen LogP contribution in [0.3, 0.4) is 0 Å². The van der Waals surface area contributed by atoms with E-state index in [-0.39, 0.29) is 18.0 Å². The van der Waals surface area contributed by atoms with Gasteiger partial charge in [-0.25, -0.2) is 0 Å². The standard InChI is InChI=1S/C23H27N3O2/c1-15(2)16-7-10-18(11-8-16)24-22(27)17-9-12-19-20(14-17)25(3)21-6-4-5-13-26(21)23(19)28/h7-12,14-15,21H,4-6,13H2,1-3H3,(H,24,27)/t21-/m0/s1. The maximum atomic E-state index is 12.9. The summed E-state index contributed by atoms with van der Waals surface area (Å²) < 4.78 is 0. The van der Waals surface area contributed by atoms with E-state index >= 15 is 0 Å². The van der Waals surface area contributed by atoms with Gasteiger partial charge in [-0.3, -0.25) is 9.59 Å². The Hall–Kier alpha value is -2.82. The SMILES string of the molecule is CC(C)c1ccc(NC(=O)c2ccc3c(c2)N(C)[C@@H]2CCCCN2C3=O)cc1. The van der Waals surface area contributed by atoms with Gasteiger partial charge in [-0.1, -0.05) is 26.0 Å². The predicted molar refractivity (Wildman–Crippen MR) is 112 cm³/mol. The molecule has 2 heterocycles. The summed E-state index contributed by atoms with van der Waals surface area (Å²) in [6, 6.07) is 13.3. The van der Waals surface area contributed by atoms with Gasteiger partial charge in [-0.2, -0.15) is 0 Å². The third kappa shape index (κ3) is 3.26. The lowest BCUT2D eigenvalue weighted by atomic mass is 9.97. The molecule has 0 aromatic heterocycles. The third-order valence-corrected chi connectivity index (χ3v) is 5.88. The van der Waals surface area contributed by atoms with Crippen molar-refractivity contribution in [1.29, 1.82) is 0 Å². The van der Waals surface area contributed by atoms with E-state index < -0.39 is 0 Å². The molecule has 146 valence electrons. The molecule has 2 aliphatic heterocycles. The molecule has 5 heteroatoms. The average molecular weight is 377 g/mol. The van der Waals surface area contributed by atoms with Crippen molar-refractivity contribution < 1.29 is 9.59 Å². The summed E-state index contributed by atoms with van der Waals surface area (Å²) in [7, 11) is 2.01. The van der Waals surface area contributed by atoms with Crippen molar-refractivity contribution in [2.45, 2.75) is 45.2 Å². The number of carbonyl (C=O) groups is 2. The number of piperidine rings is 1. The van der Waals surface area contributed by atoms with Gasteiger partial charge in [0.25, 0.3) is 11.8 Å².